The lowest BCUT2D eigenvalue weighted by Gasteiger charge is -2.21. The van der Waals surface area contributed by atoms with Crippen molar-refractivity contribution in [3.8, 4) is 0 Å². The van der Waals surface area contributed by atoms with Gasteiger partial charge in [-0.2, -0.15) is 0 Å². The highest BCUT2D eigenvalue weighted by molar-refractivity contribution is 7.89. The van der Waals surface area contributed by atoms with Crippen molar-refractivity contribution in [1.82, 2.24) is 10.0 Å². The number of methoxy groups -OCH3 is 1. The number of hydrogen-bond acceptors (Lipinski definition) is 5. The Morgan fingerprint density at radius 3 is 2.75 bits per heavy atom. The molecule has 0 aromatic heterocycles. The Bertz CT molecular complexity index is 378. The second-order valence-corrected chi connectivity index (χ2v) is 5.31. The fourth-order valence-electron chi connectivity index (χ4n) is 1.27. The minimum Gasteiger partial charge on any atom is -0.384 e. The number of piperidine rings is 1. The van der Waals surface area contributed by atoms with Gasteiger partial charge in [0.15, 0.2) is 0 Å². The van der Waals surface area contributed by atoms with Crippen molar-refractivity contribution in [2.75, 3.05) is 19.5 Å². The molecule has 1 fully saturated rings. The van der Waals surface area contributed by atoms with E-state index in [0.717, 1.165) is 0 Å². The van der Waals surface area contributed by atoms with Crippen LogP contribution in [0.5, 0.6) is 0 Å². The second-order valence-electron chi connectivity index (χ2n) is 3.43. The maximum Gasteiger partial charge on any atom is 0.244 e. The summed E-state index contributed by atoms with van der Waals surface area (Å²) < 4.78 is 29.7. The van der Waals surface area contributed by atoms with Crippen LogP contribution in [0.25, 0.3) is 0 Å². The Morgan fingerprint density at radius 2 is 2.19 bits per heavy atom. The quantitative estimate of drug-likeness (QED) is 0.570. The van der Waals surface area contributed by atoms with Gasteiger partial charge in [0.25, 0.3) is 0 Å². The van der Waals surface area contributed by atoms with Crippen molar-refractivity contribution in [2.45, 2.75) is 18.9 Å². The second kappa shape index (κ2) is 5.37. The number of carbonyl (C=O) groups excluding carboxylic acids is 2. The normalized spacial score (nSPS) is 21.9. The summed E-state index contributed by atoms with van der Waals surface area (Å²) in [7, 11) is -2.15. The number of nitrogens with one attached hydrogen (secondary N) is 2. The zero-order valence-electron chi connectivity index (χ0n) is 8.86. The molecule has 0 aromatic carbocycles. The maximum atomic E-state index is 11.4. The molecule has 1 saturated heterocycles. The average molecular weight is 250 g/mol. The molecule has 0 saturated carbocycles. The largest absolute Gasteiger partial charge is 0.384 e. The lowest BCUT2D eigenvalue weighted by atomic mass is 10.1. The molecule has 1 atom stereocenters. The first-order valence-corrected chi connectivity index (χ1v) is 6.42. The Morgan fingerprint density at radius 1 is 1.50 bits per heavy atom. The van der Waals surface area contributed by atoms with Crippen molar-refractivity contribution in [3.05, 3.63) is 0 Å². The van der Waals surface area contributed by atoms with E-state index >= 15 is 0 Å². The van der Waals surface area contributed by atoms with Crippen LogP contribution in [0.15, 0.2) is 0 Å². The summed E-state index contributed by atoms with van der Waals surface area (Å²) in [4.78, 5) is 22.1. The molecule has 1 rings (SSSR count). The van der Waals surface area contributed by atoms with E-state index in [2.05, 4.69) is 14.8 Å². The molecule has 16 heavy (non-hydrogen) atoms. The van der Waals surface area contributed by atoms with Gasteiger partial charge in [0, 0.05) is 13.5 Å². The van der Waals surface area contributed by atoms with Crippen molar-refractivity contribution in [2.24, 2.45) is 0 Å². The topological polar surface area (TPSA) is 102 Å². The van der Waals surface area contributed by atoms with Gasteiger partial charge >= 0.3 is 0 Å². The van der Waals surface area contributed by atoms with E-state index in [1.54, 1.807) is 0 Å². The zero-order chi connectivity index (χ0) is 12.2. The highest BCUT2D eigenvalue weighted by Crippen LogP contribution is 2.05. The average Bonchev–Trinajstić information content (AvgIpc) is 2.19. The fourth-order valence-corrected chi connectivity index (χ4v) is 2.44. The van der Waals surface area contributed by atoms with E-state index in [1.165, 1.54) is 7.11 Å². The first kappa shape index (κ1) is 13.1. The maximum absolute atomic E-state index is 11.4. The minimum absolute atomic E-state index is 0.0581. The third-order valence-corrected chi connectivity index (χ3v) is 3.46. The third-order valence-electron chi connectivity index (χ3n) is 2.12. The molecule has 1 aliphatic heterocycles. The summed E-state index contributed by atoms with van der Waals surface area (Å²) in [5.41, 5.74) is 0. The summed E-state index contributed by atoms with van der Waals surface area (Å²) in [6, 6.07) is -0.862. The van der Waals surface area contributed by atoms with Gasteiger partial charge in [-0.3, -0.25) is 14.9 Å². The van der Waals surface area contributed by atoms with Crippen molar-refractivity contribution >= 4 is 21.8 Å². The number of hydrogen-bond donors (Lipinski definition) is 2. The zero-order valence-corrected chi connectivity index (χ0v) is 9.67. The molecule has 0 aromatic rings. The fraction of sp³-hybridized carbons (Fsp3) is 0.750. The van der Waals surface area contributed by atoms with Crippen molar-refractivity contribution < 1.29 is 22.7 Å². The van der Waals surface area contributed by atoms with Gasteiger partial charge < -0.3 is 4.74 Å². The molecule has 92 valence electrons. The summed E-state index contributed by atoms with van der Waals surface area (Å²) in [6.07, 6.45) is 0.333. The van der Waals surface area contributed by atoms with Crippen LogP contribution in [0, 0.1) is 0 Å². The lowest BCUT2D eigenvalue weighted by molar-refractivity contribution is -0.134. The van der Waals surface area contributed by atoms with Gasteiger partial charge in [-0.05, 0) is 6.42 Å². The SMILES string of the molecule is COCCS(=O)(=O)NC1CCC(=O)NC1=O. The number of rotatable bonds is 5. The summed E-state index contributed by atoms with van der Waals surface area (Å²) >= 11 is 0. The van der Waals surface area contributed by atoms with Crippen LogP contribution >= 0.6 is 0 Å². The van der Waals surface area contributed by atoms with E-state index in [-0.39, 0.29) is 31.1 Å². The van der Waals surface area contributed by atoms with E-state index in [9.17, 15) is 18.0 Å². The van der Waals surface area contributed by atoms with Gasteiger partial charge in [0.1, 0.15) is 6.04 Å². The number of sulfonamides is 1. The molecule has 0 bridgehead atoms. The lowest BCUT2D eigenvalue weighted by Crippen LogP contribution is -2.52. The van der Waals surface area contributed by atoms with E-state index in [0.29, 0.717) is 0 Å². The number of ether oxygens (including phenoxy) is 1. The molecule has 7 nitrogen and oxygen atoms in total. The predicted octanol–water partition coefficient (Wildman–Crippen LogP) is -1.64. The molecule has 1 heterocycles. The molecule has 0 spiro atoms. The number of imide groups is 1. The van der Waals surface area contributed by atoms with Gasteiger partial charge in [0.2, 0.25) is 21.8 Å². The molecule has 1 unspecified atom stereocenters. The molecular formula is C8H14N2O5S. The van der Waals surface area contributed by atoms with Crippen molar-refractivity contribution in [3.63, 3.8) is 0 Å². The van der Waals surface area contributed by atoms with Gasteiger partial charge in [-0.1, -0.05) is 0 Å². The molecule has 0 aliphatic carbocycles. The standard InChI is InChI=1S/C8H14N2O5S/c1-15-4-5-16(13,14)10-6-2-3-7(11)9-8(6)12/h6,10H,2-5H2,1H3,(H,9,11,12). The monoisotopic (exact) mass is 250 g/mol. The number of amides is 2. The van der Waals surface area contributed by atoms with Crippen LogP contribution in [0.4, 0.5) is 0 Å². The summed E-state index contributed by atoms with van der Waals surface area (Å²) in [6.45, 7) is 0.0581. The van der Waals surface area contributed by atoms with Crippen LogP contribution in [0.3, 0.4) is 0 Å². The van der Waals surface area contributed by atoms with Crippen LogP contribution in [0.1, 0.15) is 12.8 Å². The third kappa shape index (κ3) is 3.87. The van der Waals surface area contributed by atoms with Crippen LogP contribution < -0.4 is 10.0 Å². The predicted molar refractivity (Wildman–Crippen MR) is 55.0 cm³/mol. The Hall–Kier alpha value is -0.990. The van der Waals surface area contributed by atoms with E-state index in [4.69, 9.17) is 0 Å². The van der Waals surface area contributed by atoms with Crippen LogP contribution in [-0.2, 0) is 24.3 Å². The van der Waals surface area contributed by atoms with Gasteiger partial charge in [0.05, 0.1) is 12.4 Å². The molecule has 2 N–H and O–H groups in total. The molecular weight excluding hydrogens is 236 g/mol. The van der Waals surface area contributed by atoms with Gasteiger partial charge in [-0.15, -0.1) is 0 Å². The Balaban J connectivity index is 2.53. The summed E-state index contributed by atoms with van der Waals surface area (Å²) in [5.74, 6) is -1.18. The highest BCUT2D eigenvalue weighted by Gasteiger charge is 2.29. The van der Waals surface area contributed by atoms with Gasteiger partial charge in [-0.25, -0.2) is 13.1 Å². The molecule has 1 aliphatic rings. The van der Waals surface area contributed by atoms with Crippen molar-refractivity contribution in [1.29, 1.82) is 0 Å². The highest BCUT2D eigenvalue weighted by atomic mass is 32.2. The van der Waals surface area contributed by atoms with E-state index in [1.807, 2.05) is 0 Å². The molecule has 2 amide bonds. The first-order chi connectivity index (χ1) is 7.44. The Kier molecular flexibility index (Phi) is 4.39. The summed E-state index contributed by atoms with van der Waals surface area (Å²) in [5, 5.41) is 2.07. The first-order valence-electron chi connectivity index (χ1n) is 4.77. The van der Waals surface area contributed by atoms with E-state index < -0.39 is 22.0 Å². The van der Waals surface area contributed by atoms with Crippen LogP contribution in [0.2, 0.25) is 0 Å². The molecule has 0 radical (unpaired) electrons. The van der Waals surface area contributed by atoms with Crippen LogP contribution in [-0.4, -0.2) is 45.7 Å². The number of carbonyl (C=O) groups is 2. The Labute approximate surface area is 93.6 Å². The smallest absolute Gasteiger partial charge is 0.244 e. The minimum atomic E-state index is -3.54. The molecule has 8 heteroatoms.